The van der Waals surface area contributed by atoms with Crippen LogP contribution >= 0.6 is 0 Å². The lowest BCUT2D eigenvalue weighted by atomic mass is 9.43. The highest BCUT2D eigenvalue weighted by Crippen LogP contribution is 2.69. The SMILES string of the molecule is CC[C@]1(O)CCC2(C)[C@@H](CCC3[C@@H]2CC[C@]2(C)[C@@H]([C@H](C)CC[C@H](O)C4CC4)CC[C@@H]32)C1. The van der Waals surface area contributed by atoms with Crippen molar-refractivity contribution in [3.63, 3.8) is 0 Å². The van der Waals surface area contributed by atoms with E-state index in [0.29, 0.717) is 16.7 Å². The van der Waals surface area contributed by atoms with Gasteiger partial charge in [0.2, 0.25) is 0 Å². The van der Waals surface area contributed by atoms with Crippen molar-refractivity contribution in [2.24, 2.45) is 52.3 Å². The average Bonchev–Trinajstić information content (AvgIpc) is 3.54. The summed E-state index contributed by atoms with van der Waals surface area (Å²) < 4.78 is 0. The minimum atomic E-state index is -0.376. The molecule has 31 heavy (non-hydrogen) atoms. The van der Waals surface area contributed by atoms with Crippen LogP contribution in [-0.4, -0.2) is 21.9 Å². The Morgan fingerprint density at radius 3 is 2.29 bits per heavy atom. The maximum atomic E-state index is 11.0. The molecule has 0 bridgehead atoms. The molecule has 0 aliphatic heterocycles. The first-order valence-electron chi connectivity index (χ1n) is 14.1. The standard InChI is InChI=1S/C29H50O2/c1-5-29(31)17-16-27(3)21(18-29)9-10-22-24-12-11-23(28(24,4)15-14-25(22)27)19(2)6-13-26(30)20-7-8-20/h19-26,30-31H,5-18H2,1-4H3/t19-,21+,22?,23-,24+,25+,26+,27?,28-,29+/m1/s1. The molecule has 10 atom stereocenters. The van der Waals surface area contributed by atoms with Crippen molar-refractivity contribution in [1.29, 1.82) is 0 Å². The maximum Gasteiger partial charge on any atom is 0.0648 e. The normalized spacial score (nSPS) is 51.5. The summed E-state index contributed by atoms with van der Waals surface area (Å²) in [4.78, 5) is 0. The van der Waals surface area contributed by atoms with E-state index < -0.39 is 0 Å². The second-order valence-electron chi connectivity index (χ2n) is 13.6. The van der Waals surface area contributed by atoms with Crippen LogP contribution in [-0.2, 0) is 0 Å². The van der Waals surface area contributed by atoms with Crippen molar-refractivity contribution in [3.8, 4) is 0 Å². The number of rotatable bonds is 6. The number of fused-ring (bicyclic) bond motifs is 5. The third kappa shape index (κ3) is 3.74. The Bertz CT molecular complexity index is 657. The number of aliphatic hydroxyl groups excluding tert-OH is 1. The van der Waals surface area contributed by atoms with Gasteiger partial charge in [0.05, 0.1) is 11.7 Å². The van der Waals surface area contributed by atoms with Crippen molar-refractivity contribution in [2.45, 2.75) is 129 Å². The van der Waals surface area contributed by atoms with Gasteiger partial charge in [-0.15, -0.1) is 0 Å². The number of hydrogen-bond acceptors (Lipinski definition) is 2. The fourth-order valence-electron chi connectivity index (χ4n) is 9.97. The molecule has 5 fully saturated rings. The lowest BCUT2D eigenvalue weighted by Crippen LogP contribution is -2.56. The van der Waals surface area contributed by atoms with Crippen LogP contribution in [0.25, 0.3) is 0 Å². The Morgan fingerprint density at radius 1 is 0.839 bits per heavy atom. The van der Waals surface area contributed by atoms with Crippen LogP contribution in [0.15, 0.2) is 0 Å². The third-order valence-electron chi connectivity index (χ3n) is 12.3. The summed E-state index contributed by atoms with van der Waals surface area (Å²) in [5.74, 6) is 5.77. The first kappa shape index (κ1) is 22.7. The third-order valence-corrected chi connectivity index (χ3v) is 12.3. The Balaban J connectivity index is 1.27. The van der Waals surface area contributed by atoms with E-state index >= 15 is 0 Å². The molecule has 0 saturated heterocycles. The van der Waals surface area contributed by atoms with Crippen molar-refractivity contribution in [3.05, 3.63) is 0 Å². The molecule has 0 aromatic rings. The summed E-state index contributed by atoms with van der Waals surface area (Å²) in [5.41, 5.74) is 0.635. The highest BCUT2D eigenvalue weighted by molar-refractivity contribution is 5.10. The first-order valence-corrected chi connectivity index (χ1v) is 14.1. The number of aliphatic hydroxyl groups is 2. The molecule has 2 N–H and O–H groups in total. The van der Waals surface area contributed by atoms with Gasteiger partial charge in [0.1, 0.15) is 0 Å². The molecule has 5 rings (SSSR count). The van der Waals surface area contributed by atoms with Gasteiger partial charge < -0.3 is 10.2 Å². The van der Waals surface area contributed by atoms with Crippen LogP contribution < -0.4 is 0 Å². The maximum absolute atomic E-state index is 11.0. The smallest absolute Gasteiger partial charge is 0.0648 e. The highest BCUT2D eigenvalue weighted by Gasteiger charge is 2.61. The van der Waals surface area contributed by atoms with E-state index in [9.17, 15) is 10.2 Å². The Kier molecular flexibility index (Phi) is 5.86. The molecule has 0 radical (unpaired) electrons. The van der Waals surface area contributed by atoms with Crippen molar-refractivity contribution >= 4 is 0 Å². The molecule has 5 aliphatic carbocycles. The van der Waals surface area contributed by atoms with Gasteiger partial charge in [0.15, 0.2) is 0 Å². The van der Waals surface area contributed by atoms with Crippen LogP contribution in [0.2, 0.25) is 0 Å². The second kappa shape index (κ2) is 8.00. The highest BCUT2D eigenvalue weighted by atomic mass is 16.3. The van der Waals surface area contributed by atoms with E-state index in [1.807, 2.05) is 0 Å². The van der Waals surface area contributed by atoms with Crippen LogP contribution in [0.3, 0.4) is 0 Å². The summed E-state index contributed by atoms with van der Waals surface area (Å²) in [6.45, 7) is 9.99. The molecule has 178 valence electrons. The van der Waals surface area contributed by atoms with Gasteiger partial charge >= 0.3 is 0 Å². The summed E-state index contributed by atoms with van der Waals surface area (Å²) in [6, 6.07) is 0. The molecular formula is C29H50O2. The van der Waals surface area contributed by atoms with Gasteiger partial charge in [-0.2, -0.15) is 0 Å². The van der Waals surface area contributed by atoms with E-state index in [1.165, 1.54) is 64.2 Å². The number of hydrogen-bond donors (Lipinski definition) is 2. The topological polar surface area (TPSA) is 40.5 Å². The lowest BCUT2D eigenvalue weighted by molar-refractivity contribution is -0.152. The van der Waals surface area contributed by atoms with Gasteiger partial charge in [-0.25, -0.2) is 0 Å². The molecule has 2 nitrogen and oxygen atoms in total. The second-order valence-corrected chi connectivity index (χ2v) is 13.6. The van der Waals surface area contributed by atoms with E-state index in [0.717, 1.165) is 61.2 Å². The zero-order chi connectivity index (χ0) is 22.0. The molecule has 0 aromatic heterocycles. The first-order chi connectivity index (χ1) is 14.7. The molecule has 2 heteroatoms. The Morgan fingerprint density at radius 2 is 1.58 bits per heavy atom. The van der Waals surface area contributed by atoms with Crippen LogP contribution in [0.5, 0.6) is 0 Å². The van der Waals surface area contributed by atoms with Crippen LogP contribution in [0.4, 0.5) is 0 Å². The minimum absolute atomic E-state index is 0.0218. The molecule has 0 aromatic carbocycles. The summed E-state index contributed by atoms with van der Waals surface area (Å²) in [7, 11) is 0. The zero-order valence-electron chi connectivity index (χ0n) is 20.9. The van der Waals surface area contributed by atoms with Gasteiger partial charge in [-0.1, -0.05) is 27.7 Å². The van der Waals surface area contributed by atoms with Crippen LogP contribution in [0, 0.1) is 52.3 Å². The molecule has 0 spiro atoms. The van der Waals surface area contributed by atoms with Crippen molar-refractivity contribution < 1.29 is 10.2 Å². The van der Waals surface area contributed by atoms with Gasteiger partial charge in [0, 0.05) is 0 Å². The van der Waals surface area contributed by atoms with Crippen molar-refractivity contribution in [1.82, 2.24) is 0 Å². The average molecular weight is 431 g/mol. The Labute approximate surface area is 192 Å². The van der Waals surface area contributed by atoms with E-state index in [4.69, 9.17) is 0 Å². The monoisotopic (exact) mass is 430 g/mol. The largest absolute Gasteiger partial charge is 0.393 e. The van der Waals surface area contributed by atoms with Gasteiger partial charge in [-0.05, 0) is 142 Å². The minimum Gasteiger partial charge on any atom is -0.393 e. The molecule has 2 unspecified atom stereocenters. The molecule has 5 aliphatic rings. The van der Waals surface area contributed by atoms with Crippen molar-refractivity contribution in [2.75, 3.05) is 0 Å². The van der Waals surface area contributed by atoms with E-state index in [2.05, 4.69) is 27.7 Å². The predicted molar refractivity (Wildman–Crippen MR) is 128 cm³/mol. The Hall–Kier alpha value is -0.0800. The van der Waals surface area contributed by atoms with Gasteiger partial charge in [0.25, 0.3) is 0 Å². The van der Waals surface area contributed by atoms with Crippen LogP contribution in [0.1, 0.15) is 118 Å². The fourth-order valence-corrected chi connectivity index (χ4v) is 9.97. The molecule has 0 amide bonds. The molecular weight excluding hydrogens is 380 g/mol. The summed E-state index contributed by atoms with van der Waals surface area (Å²) in [6.07, 6.45) is 17.6. The summed E-state index contributed by atoms with van der Waals surface area (Å²) >= 11 is 0. The molecule has 5 saturated carbocycles. The zero-order valence-corrected chi connectivity index (χ0v) is 20.9. The predicted octanol–water partition coefficient (Wildman–Crippen LogP) is 6.97. The fraction of sp³-hybridized carbons (Fsp3) is 1.00. The summed E-state index contributed by atoms with van der Waals surface area (Å²) in [5, 5.41) is 21.4. The lowest BCUT2D eigenvalue weighted by Gasteiger charge is -2.62. The van der Waals surface area contributed by atoms with Gasteiger partial charge in [-0.3, -0.25) is 0 Å². The van der Waals surface area contributed by atoms with E-state index in [1.54, 1.807) is 0 Å². The quantitative estimate of drug-likeness (QED) is 0.477. The molecule has 0 heterocycles. The van der Waals surface area contributed by atoms with E-state index in [-0.39, 0.29) is 11.7 Å².